The van der Waals surface area contributed by atoms with Gasteiger partial charge in [-0.2, -0.15) is 0 Å². The Morgan fingerprint density at radius 3 is 1.68 bits per heavy atom. The molecule has 0 aliphatic carbocycles. The van der Waals surface area contributed by atoms with Crippen LogP contribution in [0, 0.1) is 0 Å². The van der Waals surface area contributed by atoms with Crippen molar-refractivity contribution in [3.05, 3.63) is 98.1 Å². The summed E-state index contributed by atoms with van der Waals surface area (Å²) in [5.41, 5.74) is 1.01. The van der Waals surface area contributed by atoms with E-state index in [2.05, 4.69) is 26.3 Å². The second-order valence-electron chi connectivity index (χ2n) is 6.24. The van der Waals surface area contributed by atoms with E-state index < -0.39 is 23.9 Å². The van der Waals surface area contributed by atoms with Crippen LogP contribution in [-0.4, -0.2) is 23.9 Å². The van der Waals surface area contributed by atoms with E-state index in [4.69, 9.17) is 18.9 Å². The minimum atomic E-state index is -0.750. The van der Waals surface area contributed by atoms with E-state index in [1.54, 1.807) is 24.3 Å². The zero-order valence-electron chi connectivity index (χ0n) is 18.0. The topological polar surface area (TPSA) is 105 Å². The number of carbonyl (C=O) groups is 4. The molecule has 2 aromatic carbocycles. The fourth-order valence-corrected chi connectivity index (χ4v) is 2.39. The van der Waals surface area contributed by atoms with Crippen LogP contribution in [-0.2, 0) is 19.2 Å². The zero-order chi connectivity index (χ0) is 25.1. The summed E-state index contributed by atoms with van der Waals surface area (Å²) >= 11 is 0. The van der Waals surface area contributed by atoms with Crippen LogP contribution < -0.4 is 18.9 Å². The van der Waals surface area contributed by atoms with Gasteiger partial charge in [-0.25, -0.2) is 19.2 Å². The van der Waals surface area contributed by atoms with Crippen molar-refractivity contribution in [1.82, 2.24) is 0 Å². The Labute approximate surface area is 195 Å². The summed E-state index contributed by atoms with van der Waals surface area (Å²) in [5, 5.41) is 0. The standard InChI is InChI=1S/C26H20O8/c1-5-23(27)31-19-13-12-18(21(16-19)33-25(29)7-3)11-9-17-10-14-20(32-24(28)6-2)22(15-17)34-26(30)8-4/h5-16H,1-4H2. The molecule has 0 aromatic heterocycles. The molecular formula is C26H20O8. The molecule has 0 bridgehead atoms. The van der Waals surface area contributed by atoms with Crippen LogP contribution in [0.2, 0.25) is 0 Å². The monoisotopic (exact) mass is 460 g/mol. The van der Waals surface area contributed by atoms with Crippen molar-refractivity contribution < 1.29 is 38.1 Å². The molecule has 0 unspecified atom stereocenters. The molecule has 8 nitrogen and oxygen atoms in total. The predicted octanol–water partition coefficient (Wildman–Crippen LogP) is 4.22. The van der Waals surface area contributed by atoms with E-state index in [-0.39, 0.29) is 23.0 Å². The Kier molecular flexibility index (Phi) is 9.04. The van der Waals surface area contributed by atoms with Gasteiger partial charge in [0.05, 0.1) is 0 Å². The highest BCUT2D eigenvalue weighted by molar-refractivity contribution is 5.87. The third-order valence-electron chi connectivity index (χ3n) is 3.92. The molecule has 0 aliphatic heterocycles. The summed E-state index contributed by atoms with van der Waals surface area (Å²) in [6.07, 6.45) is 7.14. The van der Waals surface area contributed by atoms with Gasteiger partial charge in [-0.1, -0.05) is 44.5 Å². The van der Waals surface area contributed by atoms with Crippen LogP contribution in [0.25, 0.3) is 12.2 Å². The molecule has 0 aliphatic rings. The van der Waals surface area contributed by atoms with Crippen molar-refractivity contribution in [3.8, 4) is 23.0 Å². The van der Waals surface area contributed by atoms with E-state index in [9.17, 15) is 19.2 Å². The van der Waals surface area contributed by atoms with Gasteiger partial charge in [0.1, 0.15) is 11.5 Å². The molecule has 0 atom stereocenters. The lowest BCUT2D eigenvalue weighted by Crippen LogP contribution is -2.08. The summed E-state index contributed by atoms with van der Waals surface area (Å²) in [6, 6.07) is 8.91. The molecule has 8 heteroatoms. The van der Waals surface area contributed by atoms with E-state index in [0.29, 0.717) is 11.1 Å². The summed E-state index contributed by atoms with van der Waals surface area (Å²) in [4.78, 5) is 46.4. The summed E-state index contributed by atoms with van der Waals surface area (Å²) in [6.45, 7) is 13.3. The SMILES string of the molecule is C=CC(=O)Oc1ccc(C=Cc2ccc(OC(=O)C=C)c(OC(=O)C=C)c2)c(OC(=O)C=C)c1. The minimum Gasteiger partial charge on any atom is -0.423 e. The van der Waals surface area contributed by atoms with Gasteiger partial charge in [-0.05, 0) is 29.8 Å². The molecule has 0 spiro atoms. The molecular weight excluding hydrogens is 440 g/mol. The normalized spacial score (nSPS) is 10.0. The second-order valence-corrected chi connectivity index (χ2v) is 6.24. The van der Waals surface area contributed by atoms with E-state index in [1.807, 2.05) is 0 Å². The number of rotatable bonds is 10. The first-order chi connectivity index (χ1) is 16.3. The van der Waals surface area contributed by atoms with Gasteiger partial charge >= 0.3 is 23.9 Å². The average Bonchev–Trinajstić information content (AvgIpc) is 2.84. The first-order valence-corrected chi connectivity index (χ1v) is 9.62. The van der Waals surface area contributed by atoms with E-state index >= 15 is 0 Å². The van der Waals surface area contributed by atoms with E-state index in [0.717, 1.165) is 24.3 Å². The molecule has 0 saturated heterocycles. The van der Waals surface area contributed by atoms with Crippen molar-refractivity contribution in [2.75, 3.05) is 0 Å². The Morgan fingerprint density at radius 1 is 0.559 bits per heavy atom. The number of ether oxygens (including phenoxy) is 4. The van der Waals surface area contributed by atoms with Crippen molar-refractivity contribution >= 4 is 36.0 Å². The summed E-state index contributed by atoms with van der Waals surface area (Å²) in [7, 11) is 0. The molecule has 0 saturated carbocycles. The highest BCUT2D eigenvalue weighted by Crippen LogP contribution is 2.31. The molecule has 34 heavy (non-hydrogen) atoms. The molecule has 0 N–H and O–H groups in total. The number of hydrogen-bond acceptors (Lipinski definition) is 8. The van der Waals surface area contributed by atoms with Crippen LogP contribution in [0.3, 0.4) is 0 Å². The summed E-state index contributed by atoms with van der Waals surface area (Å²) < 4.78 is 20.5. The van der Waals surface area contributed by atoms with Crippen LogP contribution in [0.15, 0.2) is 87.0 Å². The average molecular weight is 460 g/mol. The molecule has 0 fully saturated rings. The molecule has 2 rings (SSSR count). The molecule has 0 heterocycles. The summed E-state index contributed by atoms with van der Waals surface area (Å²) in [5.74, 6) is -2.65. The van der Waals surface area contributed by atoms with Gasteiger partial charge in [-0.3, -0.25) is 0 Å². The Morgan fingerprint density at radius 2 is 1.09 bits per heavy atom. The number of hydrogen-bond donors (Lipinski definition) is 0. The lowest BCUT2D eigenvalue weighted by Gasteiger charge is -2.10. The highest BCUT2D eigenvalue weighted by atomic mass is 16.6. The maximum atomic E-state index is 11.7. The maximum absolute atomic E-state index is 11.7. The van der Waals surface area contributed by atoms with Gasteiger partial charge in [0.15, 0.2) is 11.5 Å². The van der Waals surface area contributed by atoms with Crippen LogP contribution >= 0.6 is 0 Å². The number of carbonyl (C=O) groups excluding carboxylic acids is 4. The van der Waals surface area contributed by atoms with Gasteiger partial charge < -0.3 is 18.9 Å². The molecule has 0 radical (unpaired) electrons. The van der Waals surface area contributed by atoms with Crippen LogP contribution in [0.5, 0.6) is 23.0 Å². The number of esters is 4. The molecule has 2 aromatic rings. The van der Waals surface area contributed by atoms with Gasteiger partial charge in [0.25, 0.3) is 0 Å². The fraction of sp³-hybridized carbons (Fsp3) is 0. The molecule has 0 amide bonds. The van der Waals surface area contributed by atoms with E-state index in [1.165, 1.54) is 24.3 Å². The first kappa shape index (κ1) is 25.3. The largest absolute Gasteiger partial charge is 0.423 e. The smallest absolute Gasteiger partial charge is 0.335 e. The van der Waals surface area contributed by atoms with Crippen LogP contribution in [0.4, 0.5) is 0 Å². The zero-order valence-corrected chi connectivity index (χ0v) is 18.0. The molecule has 172 valence electrons. The van der Waals surface area contributed by atoms with Gasteiger partial charge in [0, 0.05) is 35.9 Å². The number of benzene rings is 2. The second kappa shape index (κ2) is 12.2. The third-order valence-corrected chi connectivity index (χ3v) is 3.92. The predicted molar refractivity (Wildman–Crippen MR) is 125 cm³/mol. The van der Waals surface area contributed by atoms with Crippen molar-refractivity contribution in [1.29, 1.82) is 0 Å². The Bertz CT molecular complexity index is 1200. The Hall–Kier alpha value is -4.98. The first-order valence-electron chi connectivity index (χ1n) is 9.62. The maximum Gasteiger partial charge on any atom is 0.335 e. The van der Waals surface area contributed by atoms with Crippen molar-refractivity contribution in [3.63, 3.8) is 0 Å². The fourth-order valence-electron chi connectivity index (χ4n) is 2.39. The third kappa shape index (κ3) is 7.31. The van der Waals surface area contributed by atoms with Gasteiger partial charge in [0.2, 0.25) is 0 Å². The minimum absolute atomic E-state index is 0.00578. The Balaban J connectivity index is 2.42. The lowest BCUT2D eigenvalue weighted by molar-refractivity contribution is -0.131. The van der Waals surface area contributed by atoms with Crippen molar-refractivity contribution in [2.24, 2.45) is 0 Å². The van der Waals surface area contributed by atoms with Crippen LogP contribution in [0.1, 0.15) is 11.1 Å². The quantitative estimate of drug-likeness (QED) is 0.225. The lowest BCUT2D eigenvalue weighted by atomic mass is 10.1. The van der Waals surface area contributed by atoms with Crippen molar-refractivity contribution in [2.45, 2.75) is 0 Å². The highest BCUT2D eigenvalue weighted by Gasteiger charge is 2.13. The van der Waals surface area contributed by atoms with Gasteiger partial charge in [-0.15, -0.1) is 0 Å².